The number of hydrogen-bond acceptors (Lipinski definition) is 1. The third kappa shape index (κ3) is 7.20. The van der Waals surface area contributed by atoms with Gasteiger partial charge in [-0.2, -0.15) is 0 Å². The van der Waals surface area contributed by atoms with Gasteiger partial charge in [0, 0.05) is 5.54 Å². The maximum Gasteiger partial charge on any atom is 0.0175 e. The van der Waals surface area contributed by atoms with Crippen LogP contribution in [0.1, 0.15) is 73.1 Å². The molecule has 0 saturated heterocycles. The SMILES string of the molecule is C/[C]=C(/C)CCC[C@@](C)(CCCC(C)C)N(C)C. The van der Waals surface area contributed by atoms with Crippen LogP contribution in [-0.2, 0) is 0 Å². The van der Waals surface area contributed by atoms with E-state index >= 15 is 0 Å². The summed E-state index contributed by atoms with van der Waals surface area (Å²) in [6, 6.07) is 0. The molecule has 1 nitrogen and oxygen atoms in total. The third-order valence-corrected chi connectivity index (χ3v) is 4.27. The topological polar surface area (TPSA) is 3.24 Å². The molecule has 0 aromatic heterocycles. The fourth-order valence-electron chi connectivity index (χ4n) is 2.32. The van der Waals surface area contributed by atoms with E-state index in [1.54, 1.807) is 0 Å². The standard InChI is InChI=1S/C17H34N/c1-8-16(4)12-10-14-17(5,18(6)7)13-9-11-15(2)3/h15H,9-14H2,1-7H3/t17-/m1/s1. The molecule has 0 aliphatic rings. The summed E-state index contributed by atoms with van der Waals surface area (Å²) in [7, 11) is 4.45. The molecule has 1 heteroatoms. The predicted molar refractivity (Wildman–Crippen MR) is 82.7 cm³/mol. The van der Waals surface area contributed by atoms with Crippen LogP contribution in [0.5, 0.6) is 0 Å². The Kier molecular flexibility index (Phi) is 8.60. The largest absolute Gasteiger partial charge is 0.304 e. The Labute approximate surface area is 116 Å². The van der Waals surface area contributed by atoms with Crippen molar-refractivity contribution in [3.8, 4) is 0 Å². The molecule has 0 N–H and O–H groups in total. The summed E-state index contributed by atoms with van der Waals surface area (Å²) in [4.78, 5) is 2.42. The monoisotopic (exact) mass is 252 g/mol. The molecule has 0 heterocycles. The minimum atomic E-state index is 0.364. The molecule has 0 aliphatic heterocycles. The van der Waals surface area contributed by atoms with Gasteiger partial charge in [0.1, 0.15) is 0 Å². The lowest BCUT2D eigenvalue weighted by molar-refractivity contribution is 0.139. The molecule has 0 bridgehead atoms. The van der Waals surface area contributed by atoms with Gasteiger partial charge in [-0.3, -0.25) is 0 Å². The lowest BCUT2D eigenvalue weighted by Gasteiger charge is -2.37. The van der Waals surface area contributed by atoms with E-state index in [2.05, 4.69) is 52.8 Å². The van der Waals surface area contributed by atoms with E-state index in [1.165, 1.54) is 44.1 Å². The zero-order chi connectivity index (χ0) is 14.2. The van der Waals surface area contributed by atoms with E-state index in [0.29, 0.717) is 5.54 Å². The molecular formula is C17H34N. The molecule has 0 amide bonds. The second kappa shape index (κ2) is 8.74. The van der Waals surface area contributed by atoms with E-state index in [0.717, 1.165) is 5.92 Å². The van der Waals surface area contributed by atoms with Gasteiger partial charge in [0.25, 0.3) is 0 Å². The van der Waals surface area contributed by atoms with Gasteiger partial charge in [-0.05, 0) is 72.5 Å². The van der Waals surface area contributed by atoms with E-state index < -0.39 is 0 Å². The highest BCUT2D eigenvalue weighted by molar-refractivity contribution is 4.92. The summed E-state index contributed by atoms with van der Waals surface area (Å²) in [5, 5.41) is 0. The Morgan fingerprint density at radius 2 is 1.72 bits per heavy atom. The maximum atomic E-state index is 3.24. The highest BCUT2D eigenvalue weighted by Gasteiger charge is 2.25. The maximum absolute atomic E-state index is 3.24. The average molecular weight is 252 g/mol. The van der Waals surface area contributed by atoms with Gasteiger partial charge in [0.05, 0.1) is 0 Å². The summed E-state index contributed by atoms with van der Waals surface area (Å²) in [6.45, 7) is 11.3. The molecule has 0 aromatic carbocycles. The zero-order valence-corrected chi connectivity index (χ0v) is 13.8. The van der Waals surface area contributed by atoms with Crippen LogP contribution in [0, 0.1) is 12.0 Å². The van der Waals surface area contributed by atoms with Crippen molar-refractivity contribution in [1.29, 1.82) is 0 Å². The minimum Gasteiger partial charge on any atom is -0.304 e. The summed E-state index contributed by atoms with van der Waals surface area (Å²) in [5.41, 5.74) is 1.77. The Bertz CT molecular complexity index is 240. The van der Waals surface area contributed by atoms with Crippen molar-refractivity contribution >= 4 is 0 Å². The summed E-state index contributed by atoms with van der Waals surface area (Å²) in [6.07, 6.45) is 11.0. The molecule has 18 heavy (non-hydrogen) atoms. The number of nitrogens with zero attached hydrogens (tertiary/aromatic N) is 1. The molecule has 0 unspecified atom stereocenters. The first-order chi connectivity index (χ1) is 8.31. The van der Waals surface area contributed by atoms with E-state index in [9.17, 15) is 0 Å². The van der Waals surface area contributed by atoms with Crippen LogP contribution in [-0.4, -0.2) is 24.5 Å². The predicted octanol–water partition coefficient (Wildman–Crippen LogP) is 5.07. The summed E-state index contributed by atoms with van der Waals surface area (Å²) in [5.74, 6) is 0.830. The van der Waals surface area contributed by atoms with Crippen molar-refractivity contribution in [3.05, 3.63) is 11.6 Å². The van der Waals surface area contributed by atoms with Crippen molar-refractivity contribution in [2.75, 3.05) is 14.1 Å². The normalized spacial score (nSPS) is 16.4. The van der Waals surface area contributed by atoms with Crippen molar-refractivity contribution in [1.82, 2.24) is 4.90 Å². The second-order valence-electron chi connectivity index (χ2n) is 6.56. The molecule has 0 fully saturated rings. The number of rotatable bonds is 9. The van der Waals surface area contributed by atoms with Crippen molar-refractivity contribution < 1.29 is 0 Å². The molecule has 107 valence electrons. The van der Waals surface area contributed by atoms with Crippen LogP contribution in [0.3, 0.4) is 0 Å². The highest BCUT2D eigenvalue weighted by Crippen LogP contribution is 2.27. The smallest absolute Gasteiger partial charge is 0.0175 e. The van der Waals surface area contributed by atoms with Gasteiger partial charge < -0.3 is 4.90 Å². The van der Waals surface area contributed by atoms with Gasteiger partial charge >= 0.3 is 0 Å². The van der Waals surface area contributed by atoms with Crippen LogP contribution < -0.4 is 0 Å². The zero-order valence-electron chi connectivity index (χ0n) is 13.8. The fraction of sp³-hybridized carbons (Fsp3) is 0.882. The Balaban J connectivity index is 4.17. The fourth-order valence-corrected chi connectivity index (χ4v) is 2.32. The van der Waals surface area contributed by atoms with Gasteiger partial charge in [0.2, 0.25) is 0 Å². The van der Waals surface area contributed by atoms with Crippen LogP contribution in [0.4, 0.5) is 0 Å². The first-order valence-electron chi connectivity index (χ1n) is 7.49. The lowest BCUT2D eigenvalue weighted by atomic mass is 9.86. The molecule has 0 aliphatic carbocycles. The minimum absolute atomic E-state index is 0.364. The first-order valence-corrected chi connectivity index (χ1v) is 7.49. The van der Waals surface area contributed by atoms with E-state index in [-0.39, 0.29) is 0 Å². The molecule has 0 rings (SSSR count). The summed E-state index contributed by atoms with van der Waals surface area (Å²) >= 11 is 0. The van der Waals surface area contributed by atoms with Gasteiger partial charge in [-0.25, -0.2) is 0 Å². The van der Waals surface area contributed by atoms with Crippen LogP contribution in [0.15, 0.2) is 5.57 Å². The molecule has 1 atom stereocenters. The van der Waals surface area contributed by atoms with Gasteiger partial charge in [-0.15, -0.1) is 0 Å². The Hall–Kier alpha value is -0.300. The Morgan fingerprint density at radius 1 is 1.17 bits per heavy atom. The van der Waals surface area contributed by atoms with E-state index in [1.807, 2.05) is 6.92 Å². The third-order valence-electron chi connectivity index (χ3n) is 4.27. The number of hydrogen-bond donors (Lipinski definition) is 0. The van der Waals surface area contributed by atoms with Crippen LogP contribution >= 0.6 is 0 Å². The van der Waals surface area contributed by atoms with E-state index in [4.69, 9.17) is 0 Å². The van der Waals surface area contributed by atoms with Crippen molar-refractivity contribution in [2.24, 2.45) is 5.92 Å². The number of allylic oxidation sites excluding steroid dienone is 2. The molecule has 0 aromatic rings. The van der Waals surface area contributed by atoms with Crippen LogP contribution in [0.2, 0.25) is 0 Å². The first kappa shape index (κ1) is 17.7. The van der Waals surface area contributed by atoms with Crippen LogP contribution in [0.25, 0.3) is 0 Å². The van der Waals surface area contributed by atoms with Gasteiger partial charge in [0.15, 0.2) is 0 Å². The molecule has 0 saturated carbocycles. The lowest BCUT2D eigenvalue weighted by Crippen LogP contribution is -2.41. The molecule has 1 radical (unpaired) electrons. The average Bonchev–Trinajstić information content (AvgIpc) is 2.28. The van der Waals surface area contributed by atoms with Crippen molar-refractivity contribution in [3.63, 3.8) is 0 Å². The van der Waals surface area contributed by atoms with Crippen molar-refractivity contribution in [2.45, 2.75) is 78.7 Å². The van der Waals surface area contributed by atoms with Gasteiger partial charge in [-0.1, -0.05) is 32.3 Å². The summed E-state index contributed by atoms with van der Waals surface area (Å²) < 4.78 is 0. The molecule has 0 spiro atoms. The highest BCUT2D eigenvalue weighted by atomic mass is 15.1. The second-order valence-corrected chi connectivity index (χ2v) is 6.56. The Morgan fingerprint density at radius 3 is 2.17 bits per heavy atom. The molecular weight excluding hydrogens is 218 g/mol. The quantitative estimate of drug-likeness (QED) is 0.553.